The topological polar surface area (TPSA) is 73.5 Å². The number of hydrogen-bond acceptors (Lipinski definition) is 4. The van der Waals surface area contributed by atoms with E-state index in [9.17, 15) is 4.79 Å². The monoisotopic (exact) mass is 347 g/mol. The maximum atomic E-state index is 12.0. The summed E-state index contributed by atoms with van der Waals surface area (Å²) in [6, 6.07) is 14.9. The van der Waals surface area contributed by atoms with Crippen molar-refractivity contribution in [3.05, 3.63) is 79.0 Å². The summed E-state index contributed by atoms with van der Waals surface area (Å²) >= 11 is 0. The third-order valence-corrected chi connectivity index (χ3v) is 3.78. The normalized spacial score (nSPS) is 10.8. The molecule has 3 heterocycles. The SMILES string of the molecule is O=C(Cn1cccn1)Nc1cccc(OCc2cn3ccccc3n2)c1. The van der Waals surface area contributed by atoms with Crippen molar-refractivity contribution in [2.75, 3.05) is 5.32 Å². The number of ether oxygens (including phenoxy) is 1. The Morgan fingerprint density at radius 1 is 1.12 bits per heavy atom. The van der Waals surface area contributed by atoms with Gasteiger partial charge in [-0.05, 0) is 30.3 Å². The summed E-state index contributed by atoms with van der Waals surface area (Å²) in [6.07, 6.45) is 7.27. The molecule has 0 aliphatic rings. The quantitative estimate of drug-likeness (QED) is 0.582. The number of rotatable bonds is 6. The van der Waals surface area contributed by atoms with E-state index in [-0.39, 0.29) is 12.5 Å². The zero-order valence-corrected chi connectivity index (χ0v) is 13.9. The van der Waals surface area contributed by atoms with Crippen LogP contribution in [0.5, 0.6) is 5.75 Å². The fourth-order valence-electron chi connectivity index (χ4n) is 2.62. The minimum absolute atomic E-state index is 0.147. The van der Waals surface area contributed by atoms with Gasteiger partial charge in [-0.2, -0.15) is 5.10 Å². The van der Waals surface area contributed by atoms with Crippen molar-refractivity contribution in [1.82, 2.24) is 19.2 Å². The first-order valence-corrected chi connectivity index (χ1v) is 8.19. The number of hydrogen-bond donors (Lipinski definition) is 1. The van der Waals surface area contributed by atoms with Gasteiger partial charge in [0, 0.05) is 36.5 Å². The number of anilines is 1. The van der Waals surface area contributed by atoms with Gasteiger partial charge in [0.2, 0.25) is 5.91 Å². The Bertz CT molecular complexity index is 990. The average molecular weight is 347 g/mol. The van der Waals surface area contributed by atoms with Crippen molar-refractivity contribution >= 4 is 17.2 Å². The van der Waals surface area contributed by atoms with Crippen molar-refractivity contribution in [3.8, 4) is 5.75 Å². The molecule has 0 unspecified atom stereocenters. The molecule has 1 aromatic carbocycles. The van der Waals surface area contributed by atoms with E-state index in [1.165, 1.54) is 0 Å². The van der Waals surface area contributed by atoms with Crippen LogP contribution in [0.4, 0.5) is 5.69 Å². The molecule has 0 radical (unpaired) electrons. The van der Waals surface area contributed by atoms with Crippen molar-refractivity contribution in [3.63, 3.8) is 0 Å². The molecule has 7 heteroatoms. The molecule has 7 nitrogen and oxygen atoms in total. The molecule has 0 aliphatic heterocycles. The number of aromatic nitrogens is 4. The molecule has 0 aliphatic carbocycles. The molecule has 0 spiro atoms. The standard InChI is InChI=1S/C19H17N5O2/c25-19(13-24-10-4-8-20-24)22-15-5-3-6-17(11-15)26-14-16-12-23-9-2-1-7-18(23)21-16/h1-12H,13-14H2,(H,22,25). The minimum Gasteiger partial charge on any atom is -0.487 e. The molecule has 0 atom stereocenters. The first-order valence-electron chi connectivity index (χ1n) is 8.19. The first-order chi connectivity index (χ1) is 12.8. The predicted octanol–water partition coefficient (Wildman–Crippen LogP) is 2.75. The van der Waals surface area contributed by atoms with E-state index >= 15 is 0 Å². The Hall–Kier alpha value is -3.61. The molecule has 0 saturated heterocycles. The summed E-state index contributed by atoms with van der Waals surface area (Å²) < 4.78 is 9.32. The molecule has 4 aromatic rings. The highest BCUT2D eigenvalue weighted by molar-refractivity contribution is 5.90. The predicted molar refractivity (Wildman–Crippen MR) is 96.8 cm³/mol. The number of nitrogens with zero attached hydrogens (tertiary/aromatic N) is 4. The van der Waals surface area contributed by atoms with Crippen LogP contribution in [0, 0.1) is 0 Å². The van der Waals surface area contributed by atoms with Crippen LogP contribution in [0.25, 0.3) is 5.65 Å². The van der Waals surface area contributed by atoms with Gasteiger partial charge < -0.3 is 14.5 Å². The highest BCUT2D eigenvalue weighted by atomic mass is 16.5. The lowest BCUT2D eigenvalue weighted by atomic mass is 10.3. The molecule has 1 amide bonds. The van der Waals surface area contributed by atoms with E-state index in [1.807, 2.05) is 53.2 Å². The maximum absolute atomic E-state index is 12.0. The summed E-state index contributed by atoms with van der Waals surface area (Å²) in [4.78, 5) is 16.5. The molecule has 0 fully saturated rings. The summed E-state index contributed by atoms with van der Waals surface area (Å²) in [5, 5.41) is 6.86. The Labute approximate surface area is 149 Å². The van der Waals surface area contributed by atoms with Gasteiger partial charge >= 0.3 is 0 Å². The van der Waals surface area contributed by atoms with Crippen LogP contribution < -0.4 is 10.1 Å². The van der Waals surface area contributed by atoms with Gasteiger partial charge in [0.15, 0.2) is 0 Å². The molecule has 4 rings (SSSR count). The fraction of sp³-hybridized carbons (Fsp3) is 0.105. The lowest BCUT2D eigenvalue weighted by Crippen LogP contribution is -2.18. The van der Waals surface area contributed by atoms with Crippen molar-refractivity contribution in [2.24, 2.45) is 0 Å². The van der Waals surface area contributed by atoms with E-state index in [1.54, 1.807) is 29.2 Å². The molecule has 3 aromatic heterocycles. The lowest BCUT2D eigenvalue weighted by Gasteiger charge is -2.08. The van der Waals surface area contributed by atoms with Gasteiger partial charge in [-0.3, -0.25) is 9.48 Å². The number of carbonyl (C=O) groups is 1. The summed E-state index contributed by atoms with van der Waals surface area (Å²) in [7, 11) is 0. The van der Waals surface area contributed by atoms with Gasteiger partial charge in [0.05, 0.1) is 5.69 Å². The van der Waals surface area contributed by atoms with Crippen molar-refractivity contribution in [1.29, 1.82) is 0 Å². The van der Waals surface area contributed by atoms with E-state index < -0.39 is 0 Å². The highest BCUT2D eigenvalue weighted by Crippen LogP contribution is 2.19. The van der Waals surface area contributed by atoms with Crippen LogP contribution in [-0.2, 0) is 17.9 Å². The van der Waals surface area contributed by atoms with Gasteiger partial charge in [0.1, 0.15) is 24.5 Å². The molecule has 0 saturated carbocycles. The molecular weight excluding hydrogens is 330 g/mol. The van der Waals surface area contributed by atoms with Crippen LogP contribution >= 0.6 is 0 Å². The second-order valence-corrected chi connectivity index (χ2v) is 5.77. The third kappa shape index (κ3) is 3.72. The lowest BCUT2D eigenvalue weighted by molar-refractivity contribution is -0.116. The van der Waals surface area contributed by atoms with Gasteiger partial charge in [-0.15, -0.1) is 0 Å². The highest BCUT2D eigenvalue weighted by Gasteiger charge is 2.06. The largest absolute Gasteiger partial charge is 0.487 e. The van der Waals surface area contributed by atoms with Crippen LogP contribution in [0.1, 0.15) is 5.69 Å². The molecule has 130 valence electrons. The molecule has 1 N–H and O–H groups in total. The van der Waals surface area contributed by atoms with Gasteiger partial charge in [-0.25, -0.2) is 4.98 Å². The second-order valence-electron chi connectivity index (χ2n) is 5.77. The van der Waals surface area contributed by atoms with E-state index in [0.29, 0.717) is 18.0 Å². The Balaban J connectivity index is 1.38. The Morgan fingerprint density at radius 3 is 2.92 bits per heavy atom. The minimum atomic E-state index is -0.147. The van der Waals surface area contributed by atoms with Crippen LogP contribution in [0.3, 0.4) is 0 Å². The Morgan fingerprint density at radius 2 is 2.08 bits per heavy atom. The third-order valence-electron chi connectivity index (χ3n) is 3.78. The number of benzene rings is 1. The zero-order valence-electron chi connectivity index (χ0n) is 13.9. The first kappa shape index (κ1) is 15.9. The summed E-state index contributed by atoms with van der Waals surface area (Å²) in [6.45, 7) is 0.520. The Kier molecular flexibility index (Phi) is 4.34. The molecular formula is C19H17N5O2. The number of nitrogens with one attached hydrogen (secondary N) is 1. The van der Waals surface area contributed by atoms with E-state index in [2.05, 4.69) is 15.4 Å². The smallest absolute Gasteiger partial charge is 0.246 e. The summed E-state index contributed by atoms with van der Waals surface area (Å²) in [5.41, 5.74) is 2.39. The van der Waals surface area contributed by atoms with Crippen molar-refractivity contribution < 1.29 is 9.53 Å². The molecule has 26 heavy (non-hydrogen) atoms. The van der Waals surface area contributed by atoms with Crippen LogP contribution in [0.15, 0.2) is 73.3 Å². The van der Waals surface area contributed by atoms with E-state index in [0.717, 1.165) is 11.3 Å². The second kappa shape index (κ2) is 7.10. The fourth-order valence-corrected chi connectivity index (χ4v) is 2.62. The average Bonchev–Trinajstić information content (AvgIpc) is 3.29. The van der Waals surface area contributed by atoms with Crippen LogP contribution in [-0.4, -0.2) is 25.1 Å². The summed E-state index contributed by atoms with van der Waals surface area (Å²) in [5.74, 6) is 0.519. The number of pyridine rings is 1. The number of imidazole rings is 1. The molecule has 0 bridgehead atoms. The van der Waals surface area contributed by atoms with Gasteiger partial charge in [-0.1, -0.05) is 12.1 Å². The van der Waals surface area contributed by atoms with Crippen LogP contribution in [0.2, 0.25) is 0 Å². The number of carbonyl (C=O) groups excluding carboxylic acids is 1. The van der Waals surface area contributed by atoms with Gasteiger partial charge in [0.25, 0.3) is 0 Å². The maximum Gasteiger partial charge on any atom is 0.246 e. The number of amides is 1. The zero-order chi connectivity index (χ0) is 17.8. The van der Waals surface area contributed by atoms with E-state index in [4.69, 9.17) is 4.74 Å². The van der Waals surface area contributed by atoms with Crippen molar-refractivity contribution in [2.45, 2.75) is 13.2 Å². The number of fused-ring (bicyclic) bond motifs is 1.